The van der Waals surface area contributed by atoms with E-state index in [-0.39, 0.29) is 13.2 Å². The molecule has 3 aromatic rings. The summed E-state index contributed by atoms with van der Waals surface area (Å²) in [5, 5.41) is 2.12. The molecule has 0 bridgehead atoms. The molecule has 0 aromatic heterocycles. The van der Waals surface area contributed by atoms with Crippen molar-refractivity contribution in [2.24, 2.45) is 0 Å². The summed E-state index contributed by atoms with van der Waals surface area (Å²) >= 11 is 0. The molecule has 6 nitrogen and oxygen atoms in total. The molecule has 150 valence electrons. The minimum Gasteiger partial charge on any atom is -0.484 e. The lowest BCUT2D eigenvalue weighted by Gasteiger charge is -2.11. The molecule has 0 radical (unpaired) electrons. The Kier molecular flexibility index (Phi) is 6.68. The molecule has 0 aliphatic heterocycles. The number of hydrogen-bond donors (Lipinski definition) is 2. The molecule has 2 N–H and O–H groups in total. The minimum absolute atomic E-state index is 0.202. The first-order valence-corrected chi connectivity index (χ1v) is 9.43. The Bertz CT molecular complexity index is 984. The molecular weight excluding hydrogens is 368 g/mol. The van der Waals surface area contributed by atoms with Crippen molar-refractivity contribution in [3.05, 3.63) is 72.3 Å². The van der Waals surface area contributed by atoms with Crippen LogP contribution < -0.4 is 20.3 Å². The van der Waals surface area contributed by atoms with Crippen molar-refractivity contribution in [2.75, 3.05) is 13.2 Å². The molecule has 0 heterocycles. The number of ether oxygens (including phenoxy) is 2. The van der Waals surface area contributed by atoms with Crippen molar-refractivity contribution in [3.8, 4) is 11.5 Å². The molecule has 0 unspecified atom stereocenters. The number of hydrogen-bond acceptors (Lipinski definition) is 4. The smallest absolute Gasteiger partial charge is 0.276 e. The van der Waals surface area contributed by atoms with Crippen LogP contribution in [0, 0.1) is 0 Å². The Morgan fingerprint density at radius 3 is 1.93 bits per heavy atom. The molecule has 0 saturated carbocycles. The Morgan fingerprint density at radius 1 is 0.759 bits per heavy atom. The third-order valence-electron chi connectivity index (χ3n) is 4.35. The van der Waals surface area contributed by atoms with Crippen molar-refractivity contribution in [2.45, 2.75) is 19.8 Å². The second-order valence-corrected chi connectivity index (χ2v) is 6.91. The van der Waals surface area contributed by atoms with Gasteiger partial charge < -0.3 is 9.47 Å². The highest BCUT2D eigenvalue weighted by Crippen LogP contribution is 2.20. The summed E-state index contributed by atoms with van der Waals surface area (Å²) in [6.07, 6.45) is 0. The van der Waals surface area contributed by atoms with E-state index in [4.69, 9.17) is 9.47 Å². The fourth-order valence-electron chi connectivity index (χ4n) is 2.72. The van der Waals surface area contributed by atoms with Gasteiger partial charge in [0.05, 0.1) is 0 Å². The molecule has 0 saturated heterocycles. The van der Waals surface area contributed by atoms with Crippen molar-refractivity contribution in [1.29, 1.82) is 0 Å². The third-order valence-corrected chi connectivity index (χ3v) is 4.35. The topological polar surface area (TPSA) is 76.7 Å². The summed E-state index contributed by atoms with van der Waals surface area (Å²) in [5.41, 5.74) is 5.81. The van der Waals surface area contributed by atoms with Gasteiger partial charge in [-0.25, -0.2) is 0 Å². The predicted molar refractivity (Wildman–Crippen MR) is 112 cm³/mol. The zero-order valence-electron chi connectivity index (χ0n) is 16.5. The van der Waals surface area contributed by atoms with Gasteiger partial charge in [0.15, 0.2) is 13.2 Å². The monoisotopic (exact) mass is 392 g/mol. The number of carbonyl (C=O) groups excluding carboxylic acids is 2. The maximum Gasteiger partial charge on any atom is 0.276 e. The number of fused-ring (bicyclic) bond motifs is 1. The van der Waals surface area contributed by atoms with Gasteiger partial charge in [-0.15, -0.1) is 0 Å². The van der Waals surface area contributed by atoms with Crippen LogP contribution in [0.25, 0.3) is 10.8 Å². The van der Waals surface area contributed by atoms with E-state index in [2.05, 4.69) is 24.7 Å². The highest BCUT2D eigenvalue weighted by molar-refractivity contribution is 5.85. The van der Waals surface area contributed by atoms with Gasteiger partial charge in [-0.2, -0.15) is 0 Å². The van der Waals surface area contributed by atoms with E-state index in [9.17, 15) is 9.59 Å². The SMILES string of the molecule is CC(C)c1ccc(OCC(=O)NNC(=O)COc2ccc3ccccc3c2)cc1. The second-order valence-electron chi connectivity index (χ2n) is 6.91. The van der Waals surface area contributed by atoms with Crippen LogP contribution in [0.1, 0.15) is 25.3 Å². The molecule has 29 heavy (non-hydrogen) atoms. The number of rotatable bonds is 7. The summed E-state index contributed by atoms with van der Waals surface area (Å²) in [7, 11) is 0. The quantitative estimate of drug-likeness (QED) is 0.603. The van der Waals surface area contributed by atoms with Crippen molar-refractivity contribution in [3.63, 3.8) is 0 Å². The lowest BCUT2D eigenvalue weighted by Crippen LogP contribution is -2.45. The second kappa shape index (κ2) is 9.59. The molecule has 3 rings (SSSR count). The number of amides is 2. The van der Waals surface area contributed by atoms with Crippen LogP contribution in [0.5, 0.6) is 11.5 Å². The number of nitrogens with one attached hydrogen (secondary N) is 2. The van der Waals surface area contributed by atoms with Crippen LogP contribution in [-0.4, -0.2) is 25.0 Å². The maximum atomic E-state index is 11.9. The maximum absolute atomic E-state index is 11.9. The molecule has 0 fully saturated rings. The van der Waals surface area contributed by atoms with E-state index in [1.165, 1.54) is 5.56 Å². The lowest BCUT2D eigenvalue weighted by atomic mass is 10.0. The third kappa shape index (κ3) is 5.97. The summed E-state index contributed by atoms with van der Waals surface area (Å²) in [6.45, 7) is 3.80. The van der Waals surface area contributed by atoms with Gasteiger partial charge >= 0.3 is 0 Å². The Hall–Kier alpha value is -3.54. The van der Waals surface area contributed by atoms with Crippen LogP contribution in [0.3, 0.4) is 0 Å². The zero-order valence-corrected chi connectivity index (χ0v) is 16.5. The number of benzene rings is 3. The van der Waals surface area contributed by atoms with Crippen molar-refractivity contribution in [1.82, 2.24) is 10.9 Å². The highest BCUT2D eigenvalue weighted by atomic mass is 16.5. The first-order chi connectivity index (χ1) is 14.0. The average Bonchev–Trinajstić information content (AvgIpc) is 2.75. The van der Waals surface area contributed by atoms with Gasteiger partial charge in [0.2, 0.25) is 0 Å². The van der Waals surface area contributed by atoms with Gasteiger partial charge in [-0.3, -0.25) is 20.4 Å². The standard InChI is InChI=1S/C23H24N2O4/c1-16(2)17-7-10-20(11-8-17)28-14-22(26)24-25-23(27)15-29-21-12-9-18-5-3-4-6-19(18)13-21/h3-13,16H,14-15H2,1-2H3,(H,24,26)(H,25,27). The predicted octanol–water partition coefficient (Wildman–Crippen LogP) is 3.57. The van der Waals surface area contributed by atoms with Crippen LogP contribution in [0.2, 0.25) is 0 Å². The summed E-state index contributed by atoms with van der Waals surface area (Å²) in [4.78, 5) is 23.7. The van der Waals surface area contributed by atoms with E-state index in [1.807, 2.05) is 60.7 Å². The molecule has 3 aromatic carbocycles. The minimum atomic E-state index is -0.465. The van der Waals surface area contributed by atoms with Crippen LogP contribution in [0.4, 0.5) is 0 Å². The average molecular weight is 392 g/mol. The molecule has 0 spiro atoms. The van der Waals surface area contributed by atoms with E-state index in [0.717, 1.165) is 10.8 Å². The molecular formula is C23H24N2O4. The van der Waals surface area contributed by atoms with Gasteiger partial charge in [0.1, 0.15) is 11.5 Å². The van der Waals surface area contributed by atoms with E-state index in [1.54, 1.807) is 6.07 Å². The highest BCUT2D eigenvalue weighted by Gasteiger charge is 2.07. The largest absolute Gasteiger partial charge is 0.484 e. The van der Waals surface area contributed by atoms with E-state index >= 15 is 0 Å². The van der Waals surface area contributed by atoms with Crippen LogP contribution >= 0.6 is 0 Å². The van der Waals surface area contributed by atoms with E-state index in [0.29, 0.717) is 17.4 Å². The summed E-state index contributed by atoms with van der Waals surface area (Å²) < 4.78 is 10.9. The Morgan fingerprint density at radius 2 is 1.31 bits per heavy atom. The molecule has 0 aliphatic rings. The molecule has 2 amide bonds. The Labute approximate surface area is 169 Å². The van der Waals surface area contributed by atoms with Gasteiger partial charge in [0.25, 0.3) is 11.8 Å². The summed E-state index contributed by atoms with van der Waals surface area (Å²) in [5.74, 6) is 0.679. The molecule has 0 aliphatic carbocycles. The zero-order chi connectivity index (χ0) is 20.6. The Balaban J connectivity index is 1.38. The van der Waals surface area contributed by atoms with Crippen LogP contribution in [0.15, 0.2) is 66.7 Å². The lowest BCUT2D eigenvalue weighted by molar-refractivity contribution is -0.131. The van der Waals surface area contributed by atoms with Gasteiger partial charge in [-0.05, 0) is 46.5 Å². The number of hydrazine groups is 1. The van der Waals surface area contributed by atoms with Crippen molar-refractivity contribution >= 4 is 22.6 Å². The molecule has 6 heteroatoms. The first-order valence-electron chi connectivity index (χ1n) is 9.43. The fourth-order valence-corrected chi connectivity index (χ4v) is 2.72. The fraction of sp³-hybridized carbons (Fsp3) is 0.217. The normalized spacial score (nSPS) is 10.6. The van der Waals surface area contributed by atoms with Gasteiger partial charge in [-0.1, -0.05) is 56.3 Å². The first kappa shape index (κ1) is 20.2. The number of carbonyl (C=O) groups is 2. The van der Waals surface area contributed by atoms with Crippen LogP contribution in [-0.2, 0) is 9.59 Å². The molecule has 0 atom stereocenters. The summed E-state index contributed by atoms with van der Waals surface area (Å²) in [6, 6.07) is 21.0. The van der Waals surface area contributed by atoms with Gasteiger partial charge in [0, 0.05) is 0 Å². The van der Waals surface area contributed by atoms with Crippen molar-refractivity contribution < 1.29 is 19.1 Å². The van der Waals surface area contributed by atoms with E-state index < -0.39 is 11.8 Å².